The standard InChI is InChI=1S/C31H41ClN2O9/c1-8-26(36)42-24-15-25(35)34(5)20-13-19(14-21(39-6)27(20)32)12-17(2)10-9-11-23(40-7)31(38)16-22(41-29(37)33-31)18(3)28-30(24,4)43-28/h9-11,13-14,18,22-24,28,38H,8,12,15-16H2,1-7H3,(H,33,37)/b11-9+,17-10+/t18-,22+,23-,24+,28+,30+,31+/m1/s1. The molecule has 0 spiro atoms. The van der Waals surface area contributed by atoms with E-state index in [4.69, 9.17) is 35.3 Å². The van der Waals surface area contributed by atoms with Gasteiger partial charge in [0.15, 0.2) is 5.72 Å². The Labute approximate surface area is 257 Å². The van der Waals surface area contributed by atoms with Crippen LogP contribution in [0.1, 0.15) is 52.5 Å². The molecular formula is C31H41ClN2O9. The lowest BCUT2D eigenvalue weighted by molar-refractivity contribution is -0.153. The highest BCUT2D eigenvalue weighted by atomic mass is 35.5. The number of esters is 1. The zero-order valence-electron chi connectivity index (χ0n) is 25.6. The molecule has 3 heterocycles. The molecule has 0 saturated carbocycles. The van der Waals surface area contributed by atoms with Crippen LogP contribution >= 0.6 is 11.6 Å². The summed E-state index contributed by atoms with van der Waals surface area (Å²) in [6.45, 7) is 7.20. The van der Waals surface area contributed by atoms with Crippen molar-refractivity contribution in [3.63, 3.8) is 0 Å². The number of ether oxygens (including phenoxy) is 5. The Hall–Kier alpha value is -3.12. The van der Waals surface area contributed by atoms with Crippen molar-refractivity contribution in [1.29, 1.82) is 0 Å². The molecule has 11 nitrogen and oxygen atoms in total. The van der Waals surface area contributed by atoms with Crippen LogP contribution in [0, 0.1) is 5.92 Å². The van der Waals surface area contributed by atoms with Crippen LogP contribution in [-0.2, 0) is 35.0 Å². The fourth-order valence-corrected chi connectivity index (χ4v) is 6.16. The molecule has 0 radical (unpaired) electrons. The van der Waals surface area contributed by atoms with Crippen LogP contribution in [0.25, 0.3) is 0 Å². The summed E-state index contributed by atoms with van der Waals surface area (Å²) < 4.78 is 28.6. The van der Waals surface area contributed by atoms with Gasteiger partial charge in [0.25, 0.3) is 0 Å². The molecule has 0 unspecified atom stereocenters. The first-order chi connectivity index (χ1) is 20.3. The molecule has 3 aliphatic rings. The lowest BCUT2D eigenvalue weighted by Crippen LogP contribution is -2.63. The fourth-order valence-electron chi connectivity index (χ4n) is 5.85. The van der Waals surface area contributed by atoms with Crippen LogP contribution in [0.3, 0.4) is 0 Å². The molecule has 12 heteroatoms. The van der Waals surface area contributed by atoms with Crippen molar-refractivity contribution in [2.24, 2.45) is 5.92 Å². The highest BCUT2D eigenvalue weighted by molar-refractivity contribution is 6.35. The number of anilines is 1. The molecule has 43 heavy (non-hydrogen) atoms. The number of hydrogen-bond acceptors (Lipinski definition) is 9. The number of nitrogens with zero attached hydrogens (tertiary/aromatic N) is 1. The highest BCUT2D eigenvalue weighted by Gasteiger charge is 2.64. The monoisotopic (exact) mass is 620 g/mol. The summed E-state index contributed by atoms with van der Waals surface area (Å²) in [5.41, 5.74) is -0.564. The molecule has 2 saturated heterocycles. The SMILES string of the molecule is CCC(=O)O[C@H]1CC(=O)N(C)c2cc(cc(OC)c2Cl)C/C(C)=C/C=C/[C@@H](OC)[C@@]2(O)C[C@H](OC(=O)N2)[C@@H](C)[C@@H]2O[C@@]12C. The van der Waals surface area contributed by atoms with Crippen LogP contribution in [-0.4, -0.2) is 80.1 Å². The maximum atomic E-state index is 13.7. The Balaban J connectivity index is 1.79. The zero-order chi connectivity index (χ0) is 31.7. The second kappa shape index (κ2) is 12.9. The molecule has 4 rings (SSSR count). The summed E-state index contributed by atoms with van der Waals surface area (Å²) >= 11 is 6.66. The van der Waals surface area contributed by atoms with Gasteiger partial charge in [-0.2, -0.15) is 0 Å². The van der Waals surface area contributed by atoms with E-state index in [1.807, 2.05) is 32.1 Å². The number of hydrogen-bond donors (Lipinski definition) is 2. The largest absolute Gasteiger partial charge is 0.495 e. The Kier molecular flexibility index (Phi) is 9.80. The van der Waals surface area contributed by atoms with E-state index in [-0.39, 0.29) is 30.2 Å². The van der Waals surface area contributed by atoms with Gasteiger partial charge in [0.2, 0.25) is 5.91 Å². The number of amides is 2. The Morgan fingerprint density at radius 3 is 2.65 bits per heavy atom. The molecule has 2 N–H and O–H groups in total. The lowest BCUT2D eigenvalue weighted by atomic mass is 9.83. The first-order valence-corrected chi connectivity index (χ1v) is 14.7. The minimum absolute atomic E-state index is 0.00655. The maximum absolute atomic E-state index is 13.7. The summed E-state index contributed by atoms with van der Waals surface area (Å²) in [4.78, 5) is 40.2. The fraction of sp³-hybridized carbons (Fsp3) is 0.581. The number of fused-ring (bicyclic) bond motifs is 5. The average molecular weight is 621 g/mol. The van der Waals surface area contributed by atoms with E-state index in [0.717, 1.165) is 11.1 Å². The van der Waals surface area contributed by atoms with Gasteiger partial charge in [0.05, 0.1) is 25.3 Å². The Morgan fingerprint density at radius 1 is 1.28 bits per heavy atom. The van der Waals surface area contributed by atoms with Gasteiger partial charge in [-0.3, -0.25) is 14.9 Å². The van der Waals surface area contributed by atoms with E-state index in [9.17, 15) is 19.5 Å². The number of methoxy groups -OCH3 is 2. The van der Waals surface area contributed by atoms with Crippen LogP contribution < -0.4 is 15.0 Å². The van der Waals surface area contributed by atoms with E-state index in [1.54, 1.807) is 33.0 Å². The number of epoxide rings is 1. The quantitative estimate of drug-likeness (QED) is 0.377. The first-order valence-electron chi connectivity index (χ1n) is 14.3. The minimum atomic E-state index is -1.76. The molecule has 4 bridgehead atoms. The zero-order valence-corrected chi connectivity index (χ0v) is 26.4. The predicted molar refractivity (Wildman–Crippen MR) is 159 cm³/mol. The molecule has 2 fully saturated rings. The topological polar surface area (TPSA) is 136 Å². The van der Waals surface area contributed by atoms with Crippen molar-refractivity contribution in [2.45, 2.75) is 89.1 Å². The minimum Gasteiger partial charge on any atom is -0.495 e. The third-order valence-electron chi connectivity index (χ3n) is 8.51. The van der Waals surface area contributed by atoms with Crippen LogP contribution in [0.4, 0.5) is 10.5 Å². The van der Waals surface area contributed by atoms with Gasteiger partial charge in [-0.15, -0.1) is 0 Å². The van der Waals surface area contributed by atoms with Gasteiger partial charge >= 0.3 is 12.1 Å². The Morgan fingerprint density at radius 2 is 2.00 bits per heavy atom. The van der Waals surface area contributed by atoms with Gasteiger partial charge in [-0.25, -0.2) is 4.79 Å². The molecule has 1 aromatic rings. The van der Waals surface area contributed by atoms with E-state index in [0.29, 0.717) is 17.9 Å². The highest BCUT2D eigenvalue weighted by Crippen LogP contribution is 2.49. The molecule has 236 valence electrons. The maximum Gasteiger partial charge on any atom is 0.409 e. The van der Waals surface area contributed by atoms with Crippen LogP contribution in [0.2, 0.25) is 5.02 Å². The van der Waals surface area contributed by atoms with E-state index >= 15 is 0 Å². The molecule has 7 atom stereocenters. The number of rotatable bonds is 4. The van der Waals surface area contributed by atoms with E-state index in [2.05, 4.69) is 5.32 Å². The molecule has 0 aromatic heterocycles. The van der Waals surface area contributed by atoms with Crippen molar-refractivity contribution in [3.8, 4) is 5.75 Å². The number of alkyl carbamates (subject to hydrolysis) is 1. The third-order valence-corrected chi connectivity index (χ3v) is 8.89. The lowest BCUT2D eigenvalue weighted by Gasteiger charge is -2.42. The average Bonchev–Trinajstić information content (AvgIpc) is 3.66. The van der Waals surface area contributed by atoms with Crippen molar-refractivity contribution in [1.82, 2.24) is 5.32 Å². The number of halogens is 1. The van der Waals surface area contributed by atoms with Crippen molar-refractivity contribution >= 4 is 35.3 Å². The number of aliphatic hydroxyl groups is 1. The molecule has 3 aliphatic heterocycles. The summed E-state index contributed by atoms with van der Waals surface area (Å²) in [7, 11) is 4.56. The van der Waals surface area contributed by atoms with Crippen molar-refractivity contribution in [3.05, 3.63) is 46.5 Å². The third kappa shape index (κ3) is 6.85. The van der Waals surface area contributed by atoms with Crippen molar-refractivity contribution in [2.75, 3.05) is 26.2 Å². The van der Waals surface area contributed by atoms with Gasteiger partial charge in [0.1, 0.15) is 34.7 Å². The summed E-state index contributed by atoms with van der Waals surface area (Å²) in [6, 6.07) is 3.63. The molecule has 2 amide bonds. The molecule has 0 aliphatic carbocycles. The summed E-state index contributed by atoms with van der Waals surface area (Å²) in [5, 5.41) is 14.3. The van der Waals surface area contributed by atoms with Gasteiger partial charge in [0, 0.05) is 32.9 Å². The van der Waals surface area contributed by atoms with Crippen LogP contribution in [0.15, 0.2) is 35.9 Å². The van der Waals surface area contributed by atoms with Crippen LogP contribution in [0.5, 0.6) is 5.75 Å². The number of nitrogens with one attached hydrogen (secondary N) is 1. The second-order valence-electron chi connectivity index (χ2n) is 11.6. The number of carbonyl (C=O) groups excluding carboxylic acids is 3. The summed E-state index contributed by atoms with van der Waals surface area (Å²) in [6.07, 6.45) is 1.81. The van der Waals surface area contributed by atoms with Gasteiger partial charge < -0.3 is 33.7 Å². The smallest absolute Gasteiger partial charge is 0.409 e. The molecule has 1 aromatic carbocycles. The van der Waals surface area contributed by atoms with Gasteiger partial charge in [-0.05, 0) is 38.0 Å². The van der Waals surface area contributed by atoms with Gasteiger partial charge in [-0.1, -0.05) is 49.2 Å². The predicted octanol–water partition coefficient (Wildman–Crippen LogP) is 4.08. The Bertz CT molecular complexity index is 1320. The number of carbonyl (C=O) groups is 3. The van der Waals surface area contributed by atoms with E-state index < -0.39 is 53.7 Å². The summed E-state index contributed by atoms with van der Waals surface area (Å²) in [5.74, 6) is -0.854. The molecular weight excluding hydrogens is 580 g/mol. The van der Waals surface area contributed by atoms with E-state index in [1.165, 1.54) is 19.1 Å². The number of benzene rings is 1. The second-order valence-corrected chi connectivity index (χ2v) is 12.0. The first kappa shape index (κ1) is 32.8. The number of allylic oxidation sites excluding steroid dienone is 3. The normalized spacial score (nSPS) is 35.0. The van der Waals surface area contributed by atoms with Crippen molar-refractivity contribution < 1.29 is 43.2 Å².